The lowest BCUT2D eigenvalue weighted by Crippen LogP contribution is -2.18. The summed E-state index contributed by atoms with van der Waals surface area (Å²) in [6, 6.07) is 6.61. The van der Waals surface area contributed by atoms with Gasteiger partial charge in [0, 0.05) is 41.8 Å². The number of anilines is 1. The molecule has 4 aromatic rings. The summed E-state index contributed by atoms with van der Waals surface area (Å²) in [5.74, 6) is 1.47. The SMILES string of the molecule is CC(Nc1ncc2c(-c3ccn4nccc4c3)c[nH]c2n1)C1CC1. The van der Waals surface area contributed by atoms with Crippen LogP contribution < -0.4 is 5.32 Å². The average molecular weight is 318 g/mol. The molecule has 1 unspecified atom stereocenters. The summed E-state index contributed by atoms with van der Waals surface area (Å²) in [6.45, 7) is 2.20. The number of rotatable bonds is 4. The highest BCUT2D eigenvalue weighted by Crippen LogP contribution is 2.34. The van der Waals surface area contributed by atoms with E-state index in [2.05, 4.69) is 44.4 Å². The van der Waals surface area contributed by atoms with Crippen LogP contribution in [0.4, 0.5) is 5.95 Å². The van der Waals surface area contributed by atoms with Crippen molar-refractivity contribution in [2.75, 3.05) is 5.32 Å². The van der Waals surface area contributed by atoms with Crippen LogP contribution in [0.5, 0.6) is 0 Å². The fraction of sp³-hybridized carbons (Fsp3) is 0.278. The van der Waals surface area contributed by atoms with Gasteiger partial charge < -0.3 is 10.3 Å². The van der Waals surface area contributed by atoms with E-state index in [9.17, 15) is 0 Å². The highest BCUT2D eigenvalue weighted by molar-refractivity contribution is 5.94. The third-order valence-electron chi connectivity index (χ3n) is 4.83. The molecule has 24 heavy (non-hydrogen) atoms. The van der Waals surface area contributed by atoms with Crippen LogP contribution in [-0.2, 0) is 0 Å². The van der Waals surface area contributed by atoms with Gasteiger partial charge in [-0.2, -0.15) is 10.1 Å². The molecule has 0 amide bonds. The highest BCUT2D eigenvalue weighted by Gasteiger charge is 2.28. The Balaban J connectivity index is 1.52. The topological polar surface area (TPSA) is 70.9 Å². The summed E-state index contributed by atoms with van der Waals surface area (Å²) in [5, 5.41) is 8.68. The predicted octanol–water partition coefficient (Wildman–Crippen LogP) is 3.48. The number of aromatic nitrogens is 5. The zero-order valence-electron chi connectivity index (χ0n) is 13.4. The summed E-state index contributed by atoms with van der Waals surface area (Å²) >= 11 is 0. The van der Waals surface area contributed by atoms with Gasteiger partial charge in [-0.05, 0) is 49.4 Å². The zero-order chi connectivity index (χ0) is 16.1. The van der Waals surface area contributed by atoms with Crippen LogP contribution in [0.1, 0.15) is 19.8 Å². The lowest BCUT2D eigenvalue weighted by atomic mass is 10.1. The summed E-state index contributed by atoms with van der Waals surface area (Å²) in [6.07, 6.45) is 10.3. The predicted molar refractivity (Wildman–Crippen MR) is 93.9 cm³/mol. The Kier molecular flexibility index (Phi) is 2.85. The first-order valence-corrected chi connectivity index (χ1v) is 8.32. The van der Waals surface area contributed by atoms with Crippen LogP contribution in [-0.4, -0.2) is 30.6 Å². The molecule has 1 aliphatic rings. The van der Waals surface area contributed by atoms with Crippen LogP contribution in [0.2, 0.25) is 0 Å². The minimum Gasteiger partial charge on any atom is -0.351 e. The van der Waals surface area contributed by atoms with Gasteiger partial charge >= 0.3 is 0 Å². The smallest absolute Gasteiger partial charge is 0.224 e. The molecule has 1 saturated carbocycles. The summed E-state index contributed by atoms with van der Waals surface area (Å²) in [7, 11) is 0. The van der Waals surface area contributed by atoms with E-state index < -0.39 is 0 Å². The molecule has 4 aromatic heterocycles. The van der Waals surface area contributed by atoms with Crippen molar-refractivity contribution in [3.8, 4) is 11.1 Å². The van der Waals surface area contributed by atoms with E-state index in [1.807, 2.05) is 29.2 Å². The van der Waals surface area contributed by atoms with Crippen molar-refractivity contribution < 1.29 is 0 Å². The fourth-order valence-electron chi connectivity index (χ4n) is 3.22. The molecule has 1 aliphatic carbocycles. The number of nitrogens with zero attached hydrogens (tertiary/aromatic N) is 4. The third kappa shape index (κ3) is 2.22. The van der Waals surface area contributed by atoms with Gasteiger partial charge in [0.05, 0.1) is 5.52 Å². The second-order valence-electron chi connectivity index (χ2n) is 6.54. The van der Waals surface area contributed by atoms with Crippen molar-refractivity contribution in [1.29, 1.82) is 0 Å². The molecular formula is C18H18N6. The van der Waals surface area contributed by atoms with E-state index in [-0.39, 0.29) is 0 Å². The van der Waals surface area contributed by atoms with E-state index in [1.165, 1.54) is 12.8 Å². The van der Waals surface area contributed by atoms with Gasteiger partial charge in [-0.25, -0.2) is 9.50 Å². The highest BCUT2D eigenvalue weighted by atomic mass is 15.2. The second kappa shape index (κ2) is 5.06. The van der Waals surface area contributed by atoms with Gasteiger partial charge in [0.15, 0.2) is 0 Å². The maximum Gasteiger partial charge on any atom is 0.224 e. The second-order valence-corrected chi connectivity index (χ2v) is 6.54. The quantitative estimate of drug-likeness (QED) is 0.604. The van der Waals surface area contributed by atoms with Crippen molar-refractivity contribution in [3.05, 3.63) is 43.0 Å². The van der Waals surface area contributed by atoms with Crippen molar-refractivity contribution in [3.63, 3.8) is 0 Å². The van der Waals surface area contributed by atoms with Crippen LogP contribution in [0, 0.1) is 5.92 Å². The van der Waals surface area contributed by atoms with Crippen LogP contribution in [0.25, 0.3) is 27.7 Å². The molecule has 0 bridgehead atoms. The maximum absolute atomic E-state index is 4.63. The number of aromatic amines is 1. The molecule has 0 aromatic carbocycles. The molecule has 2 N–H and O–H groups in total. The molecule has 0 saturated heterocycles. The fourth-order valence-corrected chi connectivity index (χ4v) is 3.22. The van der Waals surface area contributed by atoms with Gasteiger partial charge in [-0.15, -0.1) is 0 Å². The molecule has 1 fully saturated rings. The van der Waals surface area contributed by atoms with Crippen LogP contribution >= 0.6 is 0 Å². The van der Waals surface area contributed by atoms with Crippen molar-refractivity contribution >= 4 is 22.5 Å². The van der Waals surface area contributed by atoms with Gasteiger partial charge in [-0.1, -0.05) is 0 Å². The number of fused-ring (bicyclic) bond motifs is 2. The van der Waals surface area contributed by atoms with Gasteiger partial charge in [0.2, 0.25) is 5.95 Å². The monoisotopic (exact) mass is 318 g/mol. The van der Waals surface area contributed by atoms with Crippen molar-refractivity contribution in [2.24, 2.45) is 5.92 Å². The minimum atomic E-state index is 0.432. The summed E-state index contributed by atoms with van der Waals surface area (Å²) in [4.78, 5) is 12.4. The molecule has 0 radical (unpaired) electrons. The number of pyridine rings is 1. The Bertz CT molecular complexity index is 1030. The van der Waals surface area contributed by atoms with Crippen LogP contribution in [0.3, 0.4) is 0 Å². The molecule has 1 atom stereocenters. The molecule has 120 valence electrons. The molecule has 0 aliphatic heterocycles. The lowest BCUT2D eigenvalue weighted by molar-refractivity contribution is 0.687. The molecular weight excluding hydrogens is 300 g/mol. The standard InChI is InChI=1S/C18H18N6/c1-11(12-2-3-12)22-18-20-10-16-15(9-19-17(16)23-18)13-5-7-24-14(8-13)4-6-21-24/h4-12H,2-3H2,1H3,(H2,19,20,22,23). The molecule has 4 heterocycles. The number of hydrogen-bond acceptors (Lipinski definition) is 4. The molecule has 6 heteroatoms. The Morgan fingerprint density at radius 1 is 1.33 bits per heavy atom. The third-order valence-corrected chi connectivity index (χ3v) is 4.83. The first-order valence-electron chi connectivity index (χ1n) is 8.32. The largest absolute Gasteiger partial charge is 0.351 e. The van der Waals surface area contributed by atoms with Crippen molar-refractivity contribution in [1.82, 2.24) is 24.6 Å². The lowest BCUT2D eigenvalue weighted by Gasteiger charge is -2.12. The Morgan fingerprint density at radius 2 is 2.25 bits per heavy atom. The number of hydrogen-bond donors (Lipinski definition) is 2. The normalized spacial score (nSPS) is 15.9. The Morgan fingerprint density at radius 3 is 3.12 bits per heavy atom. The zero-order valence-corrected chi connectivity index (χ0v) is 13.4. The van der Waals surface area contributed by atoms with E-state index in [0.717, 1.165) is 33.6 Å². The van der Waals surface area contributed by atoms with E-state index in [1.54, 1.807) is 6.20 Å². The van der Waals surface area contributed by atoms with Gasteiger partial charge in [0.1, 0.15) is 5.65 Å². The Hall–Kier alpha value is -2.89. The average Bonchev–Trinajstić information content (AvgIpc) is 3.20. The Labute approximate surface area is 138 Å². The molecule has 5 rings (SSSR count). The minimum absolute atomic E-state index is 0.432. The maximum atomic E-state index is 4.63. The summed E-state index contributed by atoms with van der Waals surface area (Å²) < 4.78 is 1.86. The van der Waals surface area contributed by atoms with E-state index in [0.29, 0.717) is 12.0 Å². The first kappa shape index (κ1) is 13.5. The van der Waals surface area contributed by atoms with Crippen molar-refractivity contribution in [2.45, 2.75) is 25.8 Å². The molecule has 6 nitrogen and oxygen atoms in total. The van der Waals surface area contributed by atoms with E-state index in [4.69, 9.17) is 0 Å². The summed E-state index contributed by atoms with van der Waals surface area (Å²) in [5.41, 5.74) is 4.17. The van der Waals surface area contributed by atoms with Gasteiger partial charge in [-0.3, -0.25) is 0 Å². The van der Waals surface area contributed by atoms with Crippen LogP contribution in [0.15, 0.2) is 43.0 Å². The number of H-pyrrole nitrogens is 1. The first-order chi connectivity index (χ1) is 11.8. The number of nitrogens with one attached hydrogen (secondary N) is 2. The molecule has 0 spiro atoms. The van der Waals surface area contributed by atoms with Gasteiger partial charge in [0.25, 0.3) is 0 Å². The van der Waals surface area contributed by atoms with E-state index >= 15 is 0 Å².